The summed E-state index contributed by atoms with van der Waals surface area (Å²) in [5.74, 6) is 0.617. The molecule has 4 nitrogen and oxygen atoms in total. The third kappa shape index (κ3) is 7.74. The maximum atomic E-state index is 8.25. The standard InChI is InChI=1S/C7H17NO3/c1-6(2)4-5-7(3)11-8(9)10/h6-7,9-10H,4-5H2,1-3H3/t7-/m1/s1. The summed E-state index contributed by atoms with van der Waals surface area (Å²) in [4.78, 5) is 4.54. The zero-order chi connectivity index (χ0) is 8.85. The Labute approximate surface area is 67.3 Å². The van der Waals surface area contributed by atoms with Gasteiger partial charge in [0.1, 0.15) is 0 Å². The lowest BCUT2D eigenvalue weighted by Crippen LogP contribution is -2.22. The quantitative estimate of drug-likeness (QED) is 0.607. The van der Waals surface area contributed by atoms with Crippen LogP contribution in [-0.4, -0.2) is 21.9 Å². The Morgan fingerprint density at radius 2 is 1.73 bits per heavy atom. The van der Waals surface area contributed by atoms with Gasteiger partial charge in [-0.05, 0) is 25.7 Å². The minimum Gasteiger partial charge on any atom is -0.266 e. The van der Waals surface area contributed by atoms with Gasteiger partial charge in [-0.1, -0.05) is 13.8 Å². The van der Waals surface area contributed by atoms with E-state index < -0.39 is 0 Å². The SMILES string of the molecule is CC(C)CC[C@@H](C)ON(O)O. The van der Waals surface area contributed by atoms with Crippen molar-refractivity contribution in [3.63, 3.8) is 0 Å². The Morgan fingerprint density at radius 1 is 1.18 bits per heavy atom. The molecule has 0 rings (SSSR count). The van der Waals surface area contributed by atoms with Crippen LogP contribution in [-0.2, 0) is 4.84 Å². The zero-order valence-electron chi connectivity index (χ0n) is 7.32. The lowest BCUT2D eigenvalue weighted by Gasteiger charge is -2.14. The van der Waals surface area contributed by atoms with Gasteiger partial charge in [-0.15, -0.1) is 0 Å². The molecule has 0 aliphatic rings. The third-order valence-corrected chi connectivity index (χ3v) is 1.42. The number of hydrogen-bond acceptors (Lipinski definition) is 4. The minimum absolute atomic E-state index is 0.146. The maximum absolute atomic E-state index is 8.25. The molecule has 0 unspecified atom stereocenters. The van der Waals surface area contributed by atoms with Gasteiger partial charge < -0.3 is 0 Å². The van der Waals surface area contributed by atoms with Gasteiger partial charge in [-0.25, -0.2) is 4.84 Å². The van der Waals surface area contributed by atoms with Crippen LogP contribution in [0, 0.1) is 5.92 Å². The van der Waals surface area contributed by atoms with E-state index in [1.807, 2.05) is 0 Å². The van der Waals surface area contributed by atoms with E-state index in [4.69, 9.17) is 10.4 Å². The van der Waals surface area contributed by atoms with E-state index in [1.54, 1.807) is 6.92 Å². The van der Waals surface area contributed by atoms with Crippen LogP contribution in [0.1, 0.15) is 33.6 Å². The second-order valence-corrected chi connectivity index (χ2v) is 3.14. The van der Waals surface area contributed by atoms with Crippen LogP contribution in [0.15, 0.2) is 0 Å². The predicted molar refractivity (Wildman–Crippen MR) is 40.0 cm³/mol. The summed E-state index contributed by atoms with van der Waals surface area (Å²) in [5, 5.41) is 16.3. The molecule has 0 fully saturated rings. The molecule has 0 saturated carbocycles. The fourth-order valence-corrected chi connectivity index (χ4v) is 0.782. The highest BCUT2D eigenvalue weighted by atomic mass is 17.1. The summed E-state index contributed by atoms with van der Waals surface area (Å²) in [6.45, 7) is 6.02. The van der Waals surface area contributed by atoms with E-state index in [0.29, 0.717) is 5.92 Å². The first-order chi connectivity index (χ1) is 5.02. The van der Waals surface area contributed by atoms with Gasteiger partial charge in [-0.2, -0.15) is 0 Å². The van der Waals surface area contributed by atoms with E-state index >= 15 is 0 Å². The summed E-state index contributed by atoms with van der Waals surface area (Å²) >= 11 is 0. The first kappa shape index (κ1) is 10.8. The van der Waals surface area contributed by atoms with Crippen LogP contribution in [0.25, 0.3) is 0 Å². The fraction of sp³-hybridized carbons (Fsp3) is 1.00. The molecule has 0 saturated heterocycles. The van der Waals surface area contributed by atoms with Gasteiger partial charge in [0, 0.05) is 0 Å². The Morgan fingerprint density at radius 3 is 2.09 bits per heavy atom. The average molecular weight is 163 g/mol. The Kier molecular flexibility index (Phi) is 5.41. The van der Waals surface area contributed by atoms with Gasteiger partial charge in [0.15, 0.2) is 0 Å². The highest BCUT2D eigenvalue weighted by Crippen LogP contribution is 2.08. The van der Waals surface area contributed by atoms with E-state index in [0.717, 1.165) is 12.8 Å². The van der Waals surface area contributed by atoms with Crippen LogP contribution < -0.4 is 0 Å². The Balaban J connectivity index is 3.29. The average Bonchev–Trinajstić information content (AvgIpc) is 1.82. The van der Waals surface area contributed by atoms with Crippen molar-refractivity contribution in [1.82, 2.24) is 5.39 Å². The molecule has 0 heterocycles. The van der Waals surface area contributed by atoms with Crippen molar-refractivity contribution in [2.75, 3.05) is 0 Å². The first-order valence-corrected chi connectivity index (χ1v) is 3.87. The van der Waals surface area contributed by atoms with Gasteiger partial charge in [-0.3, -0.25) is 10.4 Å². The van der Waals surface area contributed by atoms with Crippen molar-refractivity contribution in [3.8, 4) is 0 Å². The smallest absolute Gasteiger partial charge is 0.0816 e. The van der Waals surface area contributed by atoms with E-state index in [1.165, 1.54) is 0 Å². The molecule has 0 aromatic heterocycles. The second kappa shape index (κ2) is 5.49. The third-order valence-electron chi connectivity index (χ3n) is 1.42. The van der Waals surface area contributed by atoms with Crippen molar-refractivity contribution >= 4 is 0 Å². The molecule has 0 bridgehead atoms. The van der Waals surface area contributed by atoms with Crippen LogP contribution >= 0.6 is 0 Å². The molecule has 0 amide bonds. The molecular formula is C7H17NO3. The van der Waals surface area contributed by atoms with Crippen molar-refractivity contribution in [2.45, 2.75) is 39.7 Å². The Bertz CT molecular complexity index is 95.7. The second-order valence-electron chi connectivity index (χ2n) is 3.14. The Hall–Kier alpha value is -0.160. The van der Waals surface area contributed by atoms with Gasteiger partial charge >= 0.3 is 0 Å². The van der Waals surface area contributed by atoms with Gasteiger partial charge in [0.05, 0.1) is 11.5 Å². The van der Waals surface area contributed by atoms with Crippen LogP contribution in [0.5, 0.6) is 0 Å². The summed E-state index contributed by atoms with van der Waals surface area (Å²) in [5.41, 5.74) is 0. The largest absolute Gasteiger partial charge is 0.266 e. The van der Waals surface area contributed by atoms with Crippen molar-refractivity contribution in [2.24, 2.45) is 5.92 Å². The van der Waals surface area contributed by atoms with Crippen molar-refractivity contribution in [3.05, 3.63) is 0 Å². The summed E-state index contributed by atoms with van der Waals surface area (Å²) in [6, 6.07) is 0. The highest BCUT2D eigenvalue weighted by molar-refractivity contribution is 4.51. The summed E-state index contributed by atoms with van der Waals surface area (Å²) in [6.07, 6.45) is 1.71. The molecule has 0 aromatic carbocycles. The highest BCUT2D eigenvalue weighted by Gasteiger charge is 2.06. The van der Waals surface area contributed by atoms with Crippen molar-refractivity contribution in [1.29, 1.82) is 0 Å². The molecule has 0 aliphatic heterocycles. The lowest BCUT2D eigenvalue weighted by atomic mass is 10.1. The number of rotatable bonds is 5. The number of hydrogen-bond donors (Lipinski definition) is 2. The first-order valence-electron chi connectivity index (χ1n) is 3.87. The maximum Gasteiger partial charge on any atom is 0.0816 e. The van der Waals surface area contributed by atoms with Crippen molar-refractivity contribution < 1.29 is 15.3 Å². The van der Waals surface area contributed by atoms with E-state index in [-0.39, 0.29) is 11.5 Å². The predicted octanol–water partition coefficient (Wildman–Crippen LogP) is 1.82. The lowest BCUT2D eigenvalue weighted by molar-refractivity contribution is -0.503. The normalized spacial score (nSPS) is 14.5. The van der Waals surface area contributed by atoms with E-state index in [9.17, 15) is 0 Å². The molecule has 4 heteroatoms. The monoisotopic (exact) mass is 163 g/mol. The van der Waals surface area contributed by atoms with Gasteiger partial charge in [0.2, 0.25) is 0 Å². The summed E-state index contributed by atoms with van der Waals surface area (Å²) < 4.78 is 0. The zero-order valence-corrected chi connectivity index (χ0v) is 7.32. The molecule has 0 aliphatic carbocycles. The topological polar surface area (TPSA) is 52.9 Å². The van der Waals surface area contributed by atoms with Crippen LogP contribution in [0.2, 0.25) is 0 Å². The fourth-order valence-electron chi connectivity index (χ4n) is 0.782. The van der Waals surface area contributed by atoms with E-state index in [2.05, 4.69) is 18.7 Å². The molecule has 0 spiro atoms. The molecule has 1 atom stereocenters. The minimum atomic E-state index is -0.231. The molecule has 2 N–H and O–H groups in total. The molecule has 11 heavy (non-hydrogen) atoms. The summed E-state index contributed by atoms with van der Waals surface area (Å²) in [7, 11) is 0. The number of nitrogens with zero attached hydrogens (tertiary/aromatic N) is 1. The molecule has 68 valence electrons. The van der Waals surface area contributed by atoms with Crippen LogP contribution in [0.4, 0.5) is 0 Å². The van der Waals surface area contributed by atoms with Crippen LogP contribution in [0.3, 0.4) is 0 Å². The molecule has 0 aromatic rings. The van der Waals surface area contributed by atoms with Gasteiger partial charge in [0.25, 0.3) is 0 Å². The molecule has 0 radical (unpaired) electrons. The molecular weight excluding hydrogens is 146 g/mol.